The lowest BCUT2D eigenvalue weighted by atomic mass is 10.0. The minimum Gasteiger partial charge on any atom is -0.394 e. The van der Waals surface area contributed by atoms with Crippen LogP contribution in [0.5, 0.6) is 0 Å². The van der Waals surface area contributed by atoms with E-state index in [0.717, 1.165) is 30.4 Å². The Balaban J connectivity index is 2.76. The predicted octanol–water partition coefficient (Wildman–Crippen LogP) is -0.424. The number of rotatable bonds is 10. The summed E-state index contributed by atoms with van der Waals surface area (Å²) < 4.78 is 39.5. The first-order valence-electron chi connectivity index (χ1n) is 7.88. The van der Waals surface area contributed by atoms with Gasteiger partial charge in [-0.1, -0.05) is 23.3 Å². The second-order valence-corrected chi connectivity index (χ2v) is 8.77. The van der Waals surface area contributed by atoms with Crippen molar-refractivity contribution in [1.29, 1.82) is 0 Å². The van der Waals surface area contributed by atoms with Crippen LogP contribution in [-0.4, -0.2) is 86.9 Å². The van der Waals surface area contributed by atoms with Gasteiger partial charge in [-0.25, -0.2) is 4.28 Å². The molecule has 0 aromatic heterocycles. The highest BCUT2D eigenvalue weighted by Crippen LogP contribution is 2.30. The van der Waals surface area contributed by atoms with Gasteiger partial charge in [-0.15, -0.1) is 0 Å². The number of ether oxygens (including phenoxy) is 1. The van der Waals surface area contributed by atoms with Gasteiger partial charge in [0.15, 0.2) is 0 Å². The van der Waals surface area contributed by atoms with Crippen molar-refractivity contribution in [2.45, 2.75) is 55.5 Å². The van der Waals surface area contributed by atoms with E-state index in [2.05, 4.69) is 9.44 Å². The van der Waals surface area contributed by atoms with Gasteiger partial charge in [0.1, 0.15) is 34.9 Å². The Labute approximate surface area is 160 Å². The monoisotopic (exact) mass is 435 g/mol. The lowest BCUT2D eigenvalue weighted by molar-refractivity contribution is -0.205. The van der Waals surface area contributed by atoms with E-state index in [4.69, 9.17) is 9.29 Å². The molecular weight excluding hydrogens is 410 g/mol. The number of unbranched alkanes of at least 4 members (excludes halogenated alkanes) is 2. The van der Waals surface area contributed by atoms with Crippen LogP contribution in [0.3, 0.4) is 0 Å². The van der Waals surface area contributed by atoms with Crippen LogP contribution in [0, 0.1) is 0 Å². The Hall–Kier alpha value is -0.120. The van der Waals surface area contributed by atoms with Crippen LogP contribution in [0.4, 0.5) is 0 Å². The van der Waals surface area contributed by atoms with E-state index in [1.165, 1.54) is 0 Å². The molecule has 0 aliphatic carbocycles. The lowest BCUT2D eigenvalue weighted by Gasteiger charge is -2.39. The van der Waals surface area contributed by atoms with Crippen LogP contribution >= 0.6 is 23.5 Å². The summed E-state index contributed by atoms with van der Waals surface area (Å²) >= 11 is 2.50. The van der Waals surface area contributed by atoms with Crippen molar-refractivity contribution in [3.63, 3.8) is 0 Å². The van der Waals surface area contributed by atoms with Crippen LogP contribution < -0.4 is 0 Å². The van der Waals surface area contributed by atoms with E-state index >= 15 is 0 Å². The van der Waals surface area contributed by atoms with E-state index in [1.54, 1.807) is 11.8 Å². The third kappa shape index (κ3) is 8.27. The molecule has 1 aliphatic rings. The molecule has 1 rings (SSSR count). The Morgan fingerprint density at radius 3 is 2.42 bits per heavy atom. The molecule has 1 heterocycles. The van der Waals surface area contributed by atoms with E-state index in [0.29, 0.717) is 12.8 Å². The first-order chi connectivity index (χ1) is 12.2. The lowest BCUT2D eigenvalue weighted by Crippen LogP contribution is -2.57. The second-order valence-electron chi connectivity index (χ2n) is 5.61. The molecule has 0 saturated carbocycles. The number of hydrogen-bond donors (Lipinski definition) is 5. The van der Waals surface area contributed by atoms with Crippen LogP contribution in [0.2, 0.25) is 0 Å². The number of aliphatic hydroxyl groups excluding tert-OH is 4. The summed E-state index contributed by atoms with van der Waals surface area (Å²) in [6.07, 6.45) is -0.887. The van der Waals surface area contributed by atoms with Gasteiger partial charge in [0.25, 0.3) is 0 Å². The molecule has 0 aromatic rings. The van der Waals surface area contributed by atoms with Crippen molar-refractivity contribution in [2.75, 3.05) is 18.6 Å². The Morgan fingerprint density at radius 2 is 1.85 bits per heavy atom. The zero-order valence-corrected chi connectivity index (χ0v) is 16.6. The summed E-state index contributed by atoms with van der Waals surface area (Å²) in [6.45, 7) is -0.579. The Kier molecular flexibility index (Phi) is 10.7. The van der Waals surface area contributed by atoms with Gasteiger partial charge in [-0.2, -0.15) is 20.2 Å². The summed E-state index contributed by atoms with van der Waals surface area (Å²) in [6, 6.07) is 0. The standard InChI is InChI=1S/C13H25NO9S3/c1-24-6-4-2-3-5-9(14-23-26(19,20)21)25-13-12(18)11(17)10(16)8(7-15)22-13/h8,10-13,15-18H,2-7H2,1H3,(H,19,20,21). The van der Waals surface area contributed by atoms with Crippen molar-refractivity contribution in [3.8, 4) is 0 Å². The van der Waals surface area contributed by atoms with Gasteiger partial charge in [-0.05, 0) is 31.3 Å². The highest BCUT2D eigenvalue weighted by atomic mass is 32.3. The van der Waals surface area contributed by atoms with Crippen LogP contribution in [0.15, 0.2) is 5.16 Å². The maximum Gasteiger partial charge on any atom is 0.466 e. The van der Waals surface area contributed by atoms with Gasteiger partial charge in [0.2, 0.25) is 0 Å². The maximum absolute atomic E-state index is 10.7. The SMILES string of the molecule is CSCCCCCC(=NOS(=O)(=O)O)SC1OC(CO)C(O)C(O)C1O. The van der Waals surface area contributed by atoms with Crippen LogP contribution in [-0.2, 0) is 19.4 Å². The largest absolute Gasteiger partial charge is 0.466 e. The summed E-state index contributed by atoms with van der Waals surface area (Å²) in [4.78, 5) is 0. The normalized spacial score (nSPS) is 30.4. The molecule has 1 saturated heterocycles. The fraction of sp³-hybridized carbons (Fsp3) is 0.923. The quantitative estimate of drug-likeness (QED) is 0.0993. The average molecular weight is 436 g/mol. The Morgan fingerprint density at radius 1 is 1.15 bits per heavy atom. The summed E-state index contributed by atoms with van der Waals surface area (Å²) in [5.74, 6) is 0.980. The third-order valence-corrected chi connectivity index (χ3v) is 5.71. The fourth-order valence-electron chi connectivity index (χ4n) is 2.21. The number of nitrogens with zero attached hydrogens (tertiary/aromatic N) is 1. The molecule has 5 atom stereocenters. The van der Waals surface area contributed by atoms with Gasteiger partial charge in [0, 0.05) is 0 Å². The van der Waals surface area contributed by atoms with Gasteiger partial charge in [0.05, 0.1) is 6.61 Å². The zero-order valence-electron chi connectivity index (χ0n) is 14.2. The predicted molar refractivity (Wildman–Crippen MR) is 98.3 cm³/mol. The summed E-state index contributed by atoms with van der Waals surface area (Å²) in [5.41, 5.74) is -1.11. The topological polar surface area (TPSA) is 166 Å². The molecule has 154 valence electrons. The molecule has 26 heavy (non-hydrogen) atoms. The number of thioether (sulfide) groups is 2. The molecule has 5 unspecified atom stereocenters. The molecule has 1 fully saturated rings. The molecule has 0 spiro atoms. The first kappa shape index (κ1) is 23.9. The summed E-state index contributed by atoms with van der Waals surface area (Å²) in [7, 11) is -4.78. The van der Waals surface area contributed by atoms with Crippen molar-refractivity contribution < 1.29 is 42.4 Å². The molecule has 0 aromatic carbocycles. The molecule has 1 aliphatic heterocycles. The molecule has 10 nitrogen and oxygen atoms in total. The smallest absolute Gasteiger partial charge is 0.394 e. The molecule has 5 N–H and O–H groups in total. The van der Waals surface area contributed by atoms with Crippen molar-refractivity contribution in [1.82, 2.24) is 0 Å². The van der Waals surface area contributed by atoms with Crippen molar-refractivity contribution in [2.24, 2.45) is 5.16 Å². The number of aliphatic hydroxyl groups is 4. The van der Waals surface area contributed by atoms with Gasteiger partial charge >= 0.3 is 10.4 Å². The highest BCUT2D eigenvalue weighted by Gasteiger charge is 2.44. The van der Waals surface area contributed by atoms with E-state index < -0.39 is 46.9 Å². The number of oxime groups is 1. The van der Waals surface area contributed by atoms with E-state index in [9.17, 15) is 28.8 Å². The average Bonchev–Trinajstić information content (AvgIpc) is 2.58. The fourth-order valence-corrected chi connectivity index (χ4v) is 4.05. The van der Waals surface area contributed by atoms with Gasteiger partial charge < -0.3 is 25.2 Å². The minimum atomic E-state index is -4.78. The molecular formula is C13H25NO9S3. The maximum atomic E-state index is 10.7. The minimum absolute atomic E-state index is 0.121. The summed E-state index contributed by atoms with van der Waals surface area (Å²) in [5, 5.41) is 42.3. The molecule has 0 bridgehead atoms. The highest BCUT2D eigenvalue weighted by molar-refractivity contribution is 8.14. The van der Waals surface area contributed by atoms with Gasteiger partial charge in [-0.3, -0.25) is 4.55 Å². The number of hydrogen-bond acceptors (Lipinski definition) is 11. The van der Waals surface area contributed by atoms with E-state index in [1.807, 2.05) is 6.26 Å². The second kappa shape index (κ2) is 11.7. The molecule has 13 heteroatoms. The third-order valence-electron chi connectivity index (χ3n) is 3.57. The molecule has 0 radical (unpaired) electrons. The first-order valence-corrected chi connectivity index (χ1v) is 11.5. The van der Waals surface area contributed by atoms with Crippen molar-refractivity contribution >= 4 is 39.0 Å². The van der Waals surface area contributed by atoms with Crippen LogP contribution in [0.25, 0.3) is 0 Å². The van der Waals surface area contributed by atoms with Crippen LogP contribution in [0.1, 0.15) is 25.7 Å². The van der Waals surface area contributed by atoms with E-state index in [-0.39, 0.29) is 5.04 Å². The molecule has 0 amide bonds. The Bertz CT molecular complexity index is 543. The zero-order chi connectivity index (χ0) is 19.7. The van der Waals surface area contributed by atoms with Crippen molar-refractivity contribution in [3.05, 3.63) is 0 Å².